The first-order chi connectivity index (χ1) is 8.67. The van der Waals surface area contributed by atoms with E-state index in [1.165, 1.54) is 12.7 Å². The minimum atomic E-state index is 0.608. The maximum absolute atomic E-state index is 5.33. The van der Waals surface area contributed by atoms with Crippen molar-refractivity contribution in [2.75, 3.05) is 32.1 Å². The summed E-state index contributed by atoms with van der Waals surface area (Å²) in [6, 6.07) is 2.43. The quantitative estimate of drug-likeness (QED) is 0.767. The van der Waals surface area contributed by atoms with Crippen molar-refractivity contribution in [1.29, 1.82) is 0 Å². The first-order valence-corrected chi connectivity index (χ1v) is 6.56. The number of anilines is 1. The van der Waals surface area contributed by atoms with Crippen LogP contribution >= 0.6 is 0 Å². The Morgan fingerprint density at radius 1 is 1.39 bits per heavy atom. The Labute approximate surface area is 110 Å². The Balaban J connectivity index is 2.37. The van der Waals surface area contributed by atoms with Gasteiger partial charge in [-0.05, 0) is 27.3 Å². The van der Waals surface area contributed by atoms with Gasteiger partial charge in [0.2, 0.25) is 5.88 Å². The SMILES string of the molecule is CCOc1cc(NCCN(C)C(C)CC)ncn1. The van der Waals surface area contributed by atoms with Crippen LogP contribution in [0.1, 0.15) is 27.2 Å². The smallest absolute Gasteiger partial charge is 0.218 e. The molecule has 1 unspecified atom stereocenters. The molecular weight excluding hydrogens is 228 g/mol. The van der Waals surface area contributed by atoms with Crippen molar-refractivity contribution in [3.05, 3.63) is 12.4 Å². The van der Waals surface area contributed by atoms with Crippen LogP contribution in [-0.2, 0) is 0 Å². The highest BCUT2D eigenvalue weighted by Gasteiger charge is 2.06. The second-order valence-corrected chi connectivity index (χ2v) is 4.34. The molecule has 102 valence electrons. The summed E-state index contributed by atoms with van der Waals surface area (Å²) >= 11 is 0. The number of likely N-dealkylation sites (N-methyl/N-ethyl adjacent to an activating group) is 1. The third-order valence-corrected chi connectivity index (χ3v) is 3.05. The van der Waals surface area contributed by atoms with Gasteiger partial charge >= 0.3 is 0 Å². The standard InChI is InChI=1S/C13H24N4O/c1-5-11(3)17(4)8-7-14-12-9-13(18-6-2)16-10-15-12/h9-11H,5-8H2,1-4H3,(H,14,15,16). The van der Waals surface area contributed by atoms with E-state index in [0.717, 1.165) is 18.9 Å². The van der Waals surface area contributed by atoms with Gasteiger partial charge in [-0.1, -0.05) is 6.92 Å². The zero-order chi connectivity index (χ0) is 13.4. The summed E-state index contributed by atoms with van der Waals surface area (Å²) in [7, 11) is 2.14. The molecule has 0 radical (unpaired) electrons. The highest BCUT2D eigenvalue weighted by Crippen LogP contribution is 2.10. The Bertz CT molecular complexity index is 346. The summed E-state index contributed by atoms with van der Waals surface area (Å²) in [5, 5.41) is 3.28. The largest absolute Gasteiger partial charge is 0.478 e. The van der Waals surface area contributed by atoms with Crippen LogP contribution in [0.4, 0.5) is 5.82 Å². The molecule has 5 nitrogen and oxygen atoms in total. The van der Waals surface area contributed by atoms with Crippen molar-refractivity contribution >= 4 is 5.82 Å². The average Bonchev–Trinajstić information content (AvgIpc) is 2.38. The van der Waals surface area contributed by atoms with Crippen LogP contribution in [0.2, 0.25) is 0 Å². The van der Waals surface area contributed by atoms with Crippen molar-refractivity contribution in [1.82, 2.24) is 14.9 Å². The summed E-state index contributed by atoms with van der Waals surface area (Å²) in [6.45, 7) is 8.85. The molecule has 1 N–H and O–H groups in total. The highest BCUT2D eigenvalue weighted by atomic mass is 16.5. The predicted molar refractivity (Wildman–Crippen MR) is 74.1 cm³/mol. The first-order valence-electron chi connectivity index (χ1n) is 6.56. The fourth-order valence-electron chi connectivity index (χ4n) is 1.56. The predicted octanol–water partition coefficient (Wildman–Crippen LogP) is 2.02. The molecule has 0 aliphatic carbocycles. The van der Waals surface area contributed by atoms with Crippen LogP contribution in [0.25, 0.3) is 0 Å². The molecule has 0 amide bonds. The van der Waals surface area contributed by atoms with Gasteiger partial charge in [0.25, 0.3) is 0 Å². The summed E-state index contributed by atoms with van der Waals surface area (Å²) < 4.78 is 5.33. The molecule has 0 saturated heterocycles. The Morgan fingerprint density at radius 3 is 2.83 bits per heavy atom. The van der Waals surface area contributed by atoms with Gasteiger partial charge in [0, 0.05) is 25.2 Å². The Morgan fingerprint density at radius 2 is 2.17 bits per heavy atom. The molecular formula is C13H24N4O. The van der Waals surface area contributed by atoms with Crippen LogP contribution in [0, 0.1) is 0 Å². The van der Waals surface area contributed by atoms with Crippen LogP contribution < -0.4 is 10.1 Å². The lowest BCUT2D eigenvalue weighted by Crippen LogP contribution is -2.32. The molecule has 18 heavy (non-hydrogen) atoms. The van der Waals surface area contributed by atoms with Gasteiger partial charge in [0.05, 0.1) is 6.61 Å². The maximum Gasteiger partial charge on any atom is 0.218 e. The zero-order valence-electron chi connectivity index (χ0n) is 11.8. The van der Waals surface area contributed by atoms with Gasteiger partial charge in [-0.3, -0.25) is 0 Å². The molecule has 0 aliphatic rings. The van der Waals surface area contributed by atoms with Crippen molar-refractivity contribution in [3.63, 3.8) is 0 Å². The van der Waals surface area contributed by atoms with Gasteiger partial charge in [-0.25, -0.2) is 9.97 Å². The Kier molecular flexibility index (Phi) is 6.43. The minimum Gasteiger partial charge on any atom is -0.478 e. The zero-order valence-corrected chi connectivity index (χ0v) is 11.8. The van der Waals surface area contributed by atoms with Crippen LogP contribution in [0.5, 0.6) is 5.88 Å². The van der Waals surface area contributed by atoms with Crippen molar-refractivity contribution in [2.24, 2.45) is 0 Å². The van der Waals surface area contributed by atoms with E-state index in [2.05, 4.69) is 41.1 Å². The molecule has 0 saturated carbocycles. The molecule has 0 spiro atoms. The summed E-state index contributed by atoms with van der Waals surface area (Å²) in [6.07, 6.45) is 2.68. The molecule has 1 aromatic heterocycles. The number of hydrogen-bond donors (Lipinski definition) is 1. The minimum absolute atomic E-state index is 0.608. The van der Waals surface area contributed by atoms with E-state index in [1.54, 1.807) is 0 Å². The van der Waals surface area contributed by atoms with E-state index in [0.29, 0.717) is 18.5 Å². The molecule has 1 heterocycles. The number of rotatable bonds is 8. The van der Waals surface area contributed by atoms with E-state index in [9.17, 15) is 0 Å². The van der Waals surface area contributed by atoms with E-state index >= 15 is 0 Å². The fraction of sp³-hybridized carbons (Fsp3) is 0.692. The lowest BCUT2D eigenvalue weighted by molar-refractivity contribution is 0.261. The molecule has 1 atom stereocenters. The second-order valence-electron chi connectivity index (χ2n) is 4.34. The Hall–Kier alpha value is -1.36. The topological polar surface area (TPSA) is 50.3 Å². The first kappa shape index (κ1) is 14.7. The van der Waals surface area contributed by atoms with Crippen LogP contribution in [0.15, 0.2) is 12.4 Å². The lowest BCUT2D eigenvalue weighted by Gasteiger charge is -2.23. The summed E-state index contributed by atoms with van der Waals surface area (Å²) in [5.41, 5.74) is 0. The lowest BCUT2D eigenvalue weighted by atomic mass is 10.2. The molecule has 1 rings (SSSR count). The van der Waals surface area contributed by atoms with E-state index in [-0.39, 0.29) is 0 Å². The summed E-state index contributed by atoms with van der Waals surface area (Å²) in [4.78, 5) is 10.5. The number of ether oxygens (including phenoxy) is 1. The number of nitrogens with one attached hydrogen (secondary N) is 1. The third-order valence-electron chi connectivity index (χ3n) is 3.05. The average molecular weight is 252 g/mol. The van der Waals surface area contributed by atoms with Crippen molar-refractivity contribution in [2.45, 2.75) is 33.2 Å². The second kappa shape index (κ2) is 7.87. The highest BCUT2D eigenvalue weighted by molar-refractivity contribution is 5.36. The fourth-order valence-corrected chi connectivity index (χ4v) is 1.56. The van der Waals surface area contributed by atoms with Crippen LogP contribution in [0.3, 0.4) is 0 Å². The van der Waals surface area contributed by atoms with Gasteiger partial charge in [-0.15, -0.1) is 0 Å². The van der Waals surface area contributed by atoms with E-state index in [4.69, 9.17) is 4.74 Å². The molecule has 1 aromatic rings. The van der Waals surface area contributed by atoms with E-state index in [1.807, 2.05) is 13.0 Å². The molecule has 0 aromatic carbocycles. The number of nitrogens with zero attached hydrogens (tertiary/aromatic N) is 3. The van der Waals surface area contributed by atoms with Gasteiger partial charge < -0.3 is 15.0 Å². The van der Waals surface area contributed by atoms with E-state index < -0.39 is 0 Å². The monoisotopic (exact) mass is 252 g/mol. The van der Waals surface area contributed by atoms with Crippen molar-refractivity contribution in [3.8, 4) is 5.88 Å². The third kappa shape index (κ3) is 4.87. The van der Waals surface area contributed by atoms with Crippen LogP contribution in [-0.4, -0.2) is 47.7 Å². The molecule has 0 fully saturated rings. The maximum atomic E-state index is 5.33. The van der Waals surface area contributed by atoms with Gasteiger partial charge in [0.1, 0.15) is 12.1 Å². The van der Waals surface area contributed by atoms with Gasteiger partial charge in [0.15, 0.2) is 0 Å². The molecule has 5 heteroatoms. The van der Waals surface area contributed by atoms with Gasteiger partial charge in [-0.2, -0.15) is 0 Å². The molecule has 0 aliphatic heterocycles. The number of aromatic nitrogens is 2. The summed E-state index contributed by atoms with van der Waals surface area (Å²) in [5.74, 6) is 1.43. The number of hydrogen-bond acceptors (Lipinski definition) is 5. The normalized spacial score (nSPS) is 12.5. The van der Waals surface area contributed by atoms with Crippen molar-refractivity contribution < 1.29 is 4.74 Å². The molecule has 0 bridgehead atoms.